The minimum atomic E-state index is -3.52. The minimum Gasteiger partial charge on any atom is -0.506 e. The van der Waals surface area contributed by atoms with Crippen LogP contribution in [0.3, 0.4) is 0 Å². The van der Waals surface area contributed by atoms with Crippen molar-refractivity contribution in [1.29, 1.82) is 0 Å². The second-order valence-electron chi connectivity index (χ2n) is 5.28. The molecule has 2 aromatic rings. The van der Waals surface area contributed by atoms with Crippen LogP contribution >= 0.6 is 0 Å². The quantitative estimate of drug-likeness (QED) is 0.398. The van der Waals surface area contributed by atoms with E-state index in [4.69, 9.17) is 0 Å². The van der Waals surface area contributed by atoms with Gasteiger partial charge < -0.3 is 15.7 Å². The van der Waals surface area contributed by atoms with E-state index in [1.54, 1.807) is 0 Å². The van der Waals surface area contributed by atoms with Crippen LogP contribution in [0.25, 0.3) is 0 Å². The molecule has 3 N–H and O–H groups in total. The number of amides is 1. The third-order valence-electron chi connectivity index (χ3n) is 3.68. The van der Waals surface area contributed by atoms with E-state index in [0.717, 1.165) is 18.2 Å². The molecule has 0 saturated heterocycles. The summed E-state index contributed by atoms with van der Waals surface area (Å²) in [6.07, 6.45) is 0. The Bertz CT molecular complexity index is 972. The lowest BCUT2D eigenvalue weighted by Crippen LogP contribution is -2.13. The Hall–Kier alpha value is -3.14. The third kappa shape index (κ3) is 3.91. The Morgan fingerprint density at radius 2 is 1.88 bits per heavy atom. The van der Waals surface area contributed by atoms with Crippen molar-refractivity contribution in [3.63, 3.8) is 0 Å². The van der Waals surface area contributed by atoms with Crippen LogP contribution in [-0.4, -0.2) is 37.2 Å². The Labute approximate surface area is 149 Å². The number of hydrogen-bond donors (Lipinski definition) is 3. The average Bonchev–Trinajstić information content (AvgIpc) is 2.62. The van der Waals surface area contributed by atoms with Gasteiger partial charge in [-0.2, -0.15) is 0 Å². The summed E-state index contributed by atoms with van der Waals surface area (Å²) in [5.41, 5.74) is -0.166. The SMILES string of the molecule is CCS(=O)(=O)c1ccc(O)c(NC(=O)c2ccc(NC)c([N+](=O)[O-])c2)c1. The second-order valence-corrected chi connectivity index (χ2v) is 7.55. The van der Waals surface area contributed by atoms with Crippen molar-refractivity contribution < 1.29 is 23.2 Å². The molecule has 0 unspecified atom stereocenters. The molecule has 0 aliphatic carbocycles. The molecule has 10 heteroatoms. The van der Waals surface area contributed by atoms with Gasteiger partial charge in [-0.05, 0) is 30.3 Å². The van der Waals surface area contributed by atoms with E-state index in [0.29, 0.717) is 0 Å². The smallest absolute Gasteiger partial charge is 0.293 e. The molecular formula is C16H17N3O6S. The average molecular weight is 379 g/mol. The summed E-state index contributed by atoms with van der Waals surface area (Å²) in [5.74, 6) is -1.19. The van der Waals surface area contributed by atoms with Crippen molar-refractivity contribution in [1.82, 2.24) is 0 Å². The van der Waals surface area contributed by atoms with Gasteiger partial charge in [0, 0.05) is 18.7 Å². The molecule has 2 aromatic carbocycles. The number of anilines is 2. The molecular weight excluding hydrogens is 362 g/mol. The summed E-state index contributed by atoms with van der Waals surface area (Å²) in [4.78, 5) is 22.8. The molecule has 0 radical (unpaired) electrons. The lowest BCUT2D eigenvalue weighted by Gasteiger charge is -2.10. The van der Waals surface area contributed by atoms with Gasteiger partial charge in [0.05, 0.1) is 21.3 Å². The summed E-state index contributed by atoms with van der Waals surface area (Å²) in [6, 6.07) is 7.37. The van der Waals surface area contributed by atoms with Crippen molar-refractivity contribution in [2.24, 2.45) is 0 Å². The molecule has 9 nitrogen and oxygen atoms in total. The molecule has 0 aliphatic rings. The van der Waals surface area contributed by atoms with Crippen molar-refractivity contribution in [2.45, 2.75) is 11.8 Å². The molecule has 0 aromatic heterocycles. The van der Waals surface area contributed by atoms with Gasteiger partial charge in [-0.3, -0.25) is 14.9 Å². The first kappa shape index (κ1) is 19.2. The van der Waals surface area contributed by atoms with Crippen molar-refractivity contribution in [3.8, 4) is 5.75 Å². The van der Waals surface area contributed by atoms with E-state index >= 15 is 0 Å². The minimum absolute atomic E-state index is 0.0150. The first-order chi connectivity index (χ1) is 12.2. The highest BCUT2D eigenvalue weighted by Crippen LogP contribution is 2.29. The van der Waals surface area contributed by atoms with Crippen molar-refractivity contribution in [2.75, 3.05) is 23.4 Å². The number of sulfone groups is 1. The fourth-order valence-electron chi connectivity index (χ4n) is 2.21. The largest absolute Gasteiger partial charge is 0.506 e. The zero-order chi connectivity index (χ0) is 19.5. The van der Waals surface area contributed by atoms with Crippen LogP contribution in [0.1, 0.15) is 17.3 Å². The van der Waals surface area contributed by atoms with E-state index in [1.807, 2.05) is 0 Å². The van der Waals surface area contributed by atoms with Gasteiger partial charge in [0.15, 0.2) is 9.84 Å². The number of nitrogens with zero attached hydrogens (tertiary/aromatic N) is 1. The summed E-state index contributed by atoms with van der Waals surface area (Å²) >= 11 is 0. The monoisotopic (exact) mass is 379 g/mol. The van der Waals surface area contributed by atoms with E-state index in [-0.39, 0.29) is 39.0 Å². The Balaban J connectivity index is 2.37. The first-order valence-electron chi connectivity index (χ1n) is 7.53. The number of aromatic hydroxyl groups is 1. The number of carbonyl (C=O) groups excluding carboxylic acids is 1. The van der Waals surface area contributed by atoms with E-state index < -0.39 is 20.7 Å². The maximum absolute atomic E-state index is 12.4. The van der Waals surface area contributed by atoms with Gasteiger partial charge in [-0.1, -0.05) is 6.92 Å². The number of phenols is 1. The van der Waals surface area contributed by atoms with E-state index in [1.165, 1.54) is 32.2 Å². The topological polar surface area (TPSA) is 139 Å². The van der Waals surface area contributed by atoms with Gasteiger partial charge in [-0.15, -0.1) is 0 Å². The van der Waals surface area contributed by atoms with Crippen LogP contribution < -0.4 is 10.6 Å². The summed E-state index contributed by atoms with van der Waals surface area (Å²) < 4.78 is 23.9. The molecule has 2 rings (SSSR count). The highest BCUT2D eigenvalue weighted by molar-refractivity contribution is 7.91. The lowest BCUT2D eigenvalue weighted by atomic mass is 10.1. The molecule has 0 spiro atoms. The number of hydrogen-bond acceptors (Lipinski definition) is 7. The molecule has 26 heavy (non-hydrogen) atoms. The number of phenolic OH excluding ortho intramolecular Hbond substituents is 1. The van der Waals surface area contributed by atoms with Crippen LogP contribution in [-0.2, 0) is 9.84 Å². The van der Waals surface area contributed by atoms with Gasteiger partial charge >= 0.3 is 0 Å². The van der Waals surface area contributed by atoms with Gasteiger partial charge in [0.2, 0.25) is 0 Å². The third-order valence-corrected chi connectivity index (χ3v) is 5.41. The highest BCUT2D eigenvalue weighted by Gasteiger charge is 2.19. The Morgan fingerprint density at radius 1 is 1.19 bits per heavy atom. The zero-order valence-corrected chi connectivity index (χ0v) is 14.8. The van der Waals surface area contributed by atoms with Crippen LogP contribution in [0.5, 0.6) is 5.75 Å². The van der Waals surface area contributed by atoms with Gasteiger partial charge in [-0.25, -0.2) is 8.42 Å². The maximum Gasteiger partial charge on any atom is 0.293 e. The first-order valence-corrected chi connectivity index (χ1v) is 9.18. The van der Waals surface area contributed by atoms with Crippen LogP contribution in [0.15, 0.2) is 41.3 Å². The number of rotatable bonds is 6. The number of benzene rings is 2. The maximum atomic E-state index is 12.4. The van der Waals surface area contributed by atoms with Crippen molar-refractivity contribution in [3.05, 3.63) is 52.1 Å². The Kier molecular flexibility index (Phi) is 5.46. The summed E-state index contributed by atoms with van der Waals surface area (Å²) in [6.45, 7) is 1.48. The summed E-state index contributed by atoms with van der Waals surface area (Å²) in [5, 5.41) is 26.0. The summed E-state index contributed by atoms with van der Waals surface area (Å²) in [7, 11) is -2.01. The molecule has 0 fully saturated rings. The van der Waals surface area contributed by atoms with Crippen molar-refractivity contribution >= 4 is 32.8 Å². The molecule has 0 heterocycles. The predicted molar refractivity (Wildman–Crippen MR) is 96.4 cm³/mol. The highest BCUT2D eigenvalue weighted by atomic mass is 32.2. The van der Waals surface area contributed by atoms with E-state index in [9.17, 15) is 28.4 Å². The van der Waals surface area contributed by atoms with Gasteiger partial charge in [0.25, 0.3) is 11.6 Å². The molecule has 1 amide bonds. The number of carbonyl (C=O) groups is 1. The fourth-order valence-corrected chi connectivity index (χ4v) is 3.11. The Morgan fingerprint density at radius 3 is 2.46 bits per heavy atom. The van der Waals surface area contributed by atoms with Crippen LogP contribution in [0, 0.1) is 10.1 Å². The lowest BCUT2D eigenvalue weighted by molar-refractivity contribution is -0.384. The van der Waals surface area contributed by atoms with Gasteiger partial charge in [0.1, 0.15) is 11.4 Å². The molecule has 0 saturated carbocycles. The molecule has 138 valence electrons. The molecule has 0 aliphatic heterocycles. The zero-order valence-electron chi connectivity index (χ0n) is 14.0. The standard InChI is InChI=1S/C16H17N3O6S/c1-3-26(24,25)11-5-7-15(20)13(9-11)18-16(21)10-4-6-12(17-2)14(8-10)19(22)23/h4-9,17,20H,3H2,1-2H3,(H,18,21). The molecule has 0 bridgehead atoms. The number of nitrogens with one attached hydrogen (secondary N) is 2. The number of nitro groups is 1. The second kappa shape index (κ2) is 7.40. The normalized spacial score (nSPS) is 11.0. The van der Waals surface area contributed by atoms with E-state index in [2.05, 4.69) is 10.6 Å². The molecule has 0 atom stereocenters. The fraction of sp³-hybridized carbons (Fsp3) is 0.188. The van der Waals surface area contributed by atoms with Crippen LogP contribution in [0.4, 0.5) is 17.1 Å². The van der Waals surface area contributed by atoms with Crippen LogP contribution in [0.2, 0.25) is 0 Å². The number of nitro benzene ring substituents is 1. The predicted octanol–water partition coefficient (Wildman–Crippen LogP) is 2.39.